The van der Waals surface area contributed by atoms with Crippen molar-refractivity contribution in [1.82, 2.24) is 20.1 Å². The summed E-state index contributed by atoms with van der Waals surface area (Å²) in [6, 6.07) is 1.97. The monoisotopic (exact) mass is 344 g/mol. The van der Waals surface area contributed by atoms with Gasteiger partial charge in [-0.3, -0.25) is 9.59 Å². The van der Waals surface area contributed by atoms with Gasteiger partial charge >= 0.3 is 5.97 Å². The van der Waals surface area contributed by atoms with E-state index >= 15 is 0 Å². The van der Waals surface area contributed by atoms with Crippen molar-refractivity contribution in [2.75, 3.05) is 0 Å². The summed E-state index contributed by atoms with van der Waals surface area (Å²) < 4.78 is 1.82. The van der Waals surface area contributed by atoms with Crippen molar-refractivity contribution < 1.29 is 14.7 Å². The maximum Gasteiger partial charge on any atom is 0.306 e. The van der Waals surface area contributed by atoms with Crippen LogP contribution in [-0.2, 0) is 4.79 Å². The van der Waals surface area contributed by atoms with Gasteiger partial charge in [0.05, 0.1) is 23.1 Å². The molecule has 0 aromatic carbocycles. The molecular weight excluding hydrogens is 320 g/mol. The summed E-state index contributed by atoms with van der Waals surface area (Å²) in [7, 11) is 0. The third-order valence-electron chi connectivity index (χ3n) is 4.84. The lowest BCUT2D eigenvalue weighted by molar-refractivity contribution is -0.142. The minimum atomic E-state index is -0.739. The molecule has 25 heavy (non-hydrogen) atoms. The van der Waals surface area contributed by atoms with Crippen LogP contribution in [0.3, 0.4) is 0 Å². The molecular formula is C18H24N4O3. The third-order valence-corrected chi connectivity index (χ3v) is 4.84. The first-order valence-electron chi connectivity index (χ1n) is 8.75. The highest BCUT2D eigenvalue weighted by molar-refractivity contribution is 6.05. The number of hydrogen-bond donors (Lipinski definition) is 2. The number of aliphatic carboxylic acids is 1. The van der Waals surface area contributed by atoms with Crippen LogP contribution in [0.4, 0.5) is 0 Å². The number of carbonyl (C=O) groups is 2. The standard InChI is InChI=1S/C18H24N4O3/c1-10(2)22-16-15(9-19-22)14(8-11(3)20-16)17(23)21-13-6-4-12(5-7-13)18(24)25/h8-10,12-13H,4-7H2,1-3H3,(H,21,23)(H,24,25). The summed E-state index contributed by atoms with van der Waals surface area (Å²) in [5, 5.41) is 17.2. The average Bonchev–Trinajstić information content (AvgIpc) is 2.98. The number of aryl methyl sites for hydroxylation is 1. The van der Waals surface area contributed by atoms with E-state index in [0.29, 0.717) is 31.2 Å². The number of rotatable bonds is 4. The molecule has 0 spiro atoms. The molecule has 1 aliphatic rings. The number of carbonyl (C=O) groups excluding carboxylic acids is 1. The molecule has 1 aliphatic carbocycles. The van der Waals surface area contributed by atoms with Crippen molar-refractivity contribution in [1.29, 1.82) is 0 Å². The van der Waals surface area contributed by atoms with Gasteiger partial charge in [-0.15, -0.1) is 0 Å². The van der Waals surface area contributed by atoms with E-state index in [-0.39, 0.29) is 23.9 Å². The Balaban J connectivity index is 1.80. The third kappa shape index (κ3) is 3.50. The van der Waals surface area contributed by atoms with Crippen LogP contribution in [0.5, 0.6) is 0 Å². The molecule has 2 aromatic rings. The highest BCUT2D eigenvalue weighted by atomic mass is 16.4. The van der Waals surface area contributed by atoms with E-state index in [1.54, 1.807) is 12.3 Å². The van der Waals surface area contributed by atoms with Gasteiger partial charge in [0, 0.05) is 17.8 Å². The number of carboxylic acid groups (broad SMARTS) is 1. The molecule has 0 saturated heterocycles. The summed E-state index contributed by atoms with van der Waals surface area (Å²) in [6.45, 7) is 5.92. The van der Waals surface area contributed by atoms with Crippen molar-refractivity contribution in [3.05, 3.63) is 23.5 Å². The molecule has 7 heteroatoms. The number of fused-ring (bicyclic) bond motifs is 1. The Morgan fingerprint density at radius 2 is 1.96 bits per heavy atom. The van der Waals surface area contributed by atoms with Crippen molar-refractivity contribution in [2.45, 2.75) is 58.5 Å². The number of nitrogens with one attached hydrogen (secondary N) is 1. The van der Waals surface area contributed by atoms with Crippen LogP contribution >= 0.6 is 0 Å². The molecule has 7 nitrogen and oxygen atoms in total. The second-order valence-electron chi connectivity index (χ2n) is 7.09. The van der Waals surface area contributed by atoms with Crippen LogP contribution in [-0.4, -0.2) is 37.8 Å². The molecule has 2 aromatic heterocycles. The van der Waals surface area contributed by atoms with Crippen molar-refractivity contribution in [3.63, 3.8) is 0 Å². The highest BCUT2D eigenvalue weighted by Crippen LogP contribution is 2.26. The largest absolute Gasteiger partial charge is 0.481 e. The molecule has 0 radical (unpaired) electrons. The number of hydrogen-bond acceptors (Lipinski definition) is 4. The Morgan fingerprint density at radius 3 is 2.56 bits per heavy atom. The molecule has 0 unspecified atom stereocenters. The summed E-state index contributed by atoms with van der Waals surface area (Å²) >= 11 is 0. The van der Waals surface area contributed by atoms with Crippen LogP contribution < -0.4 is 5.32 Å². The van der Waals surface area contributed by atoms with Gasteiger partial charge in [-0.2, -0.15) is 5.10 Å². The predicted molar refractivity (Wildman–Crippen MR) is 93.5 cm³/mol. The first kappa shape index (κ1) is 17.4. The minimum absolute atomic E-state index is 0.0202. The van der Waals surface area contributed by atoms with Crippen LogP contribution in [0.2, 0.25) is 0 Å². The molecule has 1 amide bonds. The van der Waals surface area contributed by atoms with Gasteiger partial charge in [0.25, 0.3) is 5.91 Å². The lowest BCUT2D eigenvalue weighted by Gasteiger charge is -2.26. The molecule has 0 atom stereocenters. The Kier molecular flexibility index (Phi) is 4.74. The van der Waals surface area contributed by atoms with Crippen molar-refractivity contribution >= 4 is 22.9 Å². The van der Waals surface area contributed by atoms with Gasteiger partial charge < -0.3 is 10.4 Å². The Morgan fingerprint density at radius 1 is 1.28 bits per heavy atom. The molecule has 2 heterocycles. The predicted octanol–water partition coefficient (Wildman–Crippen LogP) is 2.69. The first-order chi connectivity index (χ1) is 11.9. The van der Waals surface area contributed by atoms with E-state index < -0.39 is 5.97 Å². The fraction of sp³-hybridized carbons (Fsp3) is 0.556. The van der Waals surface area contributed by atoms with E-state index in [1.807, 2.05) is 25.5 Å². The number of amides is 1. The average molecular weight is 344 g/mol. The van der Waals surface area contributed by atoms with E-state index in [4.69, 9.17) is 5.11 Å². The smallest absolute Gasteiger partial charge is 0.306 e. The van der Waals surface area contributed by atoms with E-state index in [2.05, 4.69) is 15.4 Å². The Hall–Kier alpha value is -2.44. The zero-order chi connectivity index (χ0) is 18.1. The second kappa shape index (κ2) is 6.82. The molecule has 1 fully saturated rings. The van der Waals surface area contributed by atoms with Crippen LogP contribution in [0.1, 0.15) is 61.6 Å². The lowest BCUT2D eigenvalue weighted by Crippen LogP contribution is -2.38. The summed E-state index contributed by atoms with van der Waals surface area (Å²) in [5.41, 5.74) is 2.07. The van der Waals surface area contributed by atoms with E-state index in [9.17, 15) is 9.59 Å². The minimum Gasteiger partial charge on any atom is -0.481 e. The summed E-state index contributed by atoms with van der Waals surface area (Å²) in [4.78, 5) is 28.4. The van der Waals surface area contributed by atoms with Crippen molar-refractivity contribution in [2.24, 2.45) is 5.92 Å². The topological polar surface area (TPSA) is 97.1 Å². The van der Waals surface area contributed by atoms with Gasteiger partial charge in [0.2, 0.25) is 0 Å². The molecule has 0 aliphatic heterocycles. The van der Waals surface area contributed by atoms with Gasteiger partial charge in [-0.1, -0.05) is 0 Å². The maximum atomic E-state index is 12.8. The number of pyridine rings is 1. The molecule has 134 valence electrons. The van der Waals surface area contributed by atoms with E-state index in [0.717, 1.165) is 16.7 Å². The van der Waals surface area contributed by atoms with E-state index in [1.165, 1.54) is 0 Å². The molecule has 3 rings (SSSR count). The van der Waals surface area contributed by atoms with Crippen molar-refractivity contribution in [3.8, 4) is 0 Å². The first-order valence-corrected chi connectivity index (χ1v) is 8.75. The van der Waals surface area contributed by atoms with Gasteiger partial charge in [0.1, 0.15) is 0 Å². The highest BCUT2D eigenvalue weighted by Gasteiger charge is 2.27. The SMILES string of the molecule is Cc1cc(C(=O)NC2CCC(C(=O)O)CC2)c2cnn(C(C)C)c2n1. The lowest BCUT2D eigenvalue weighted by atomic mass is 9.86. The Labute approximate surface area is 146 Å². The zero-order valence-electron chi connectivity index (χ0n) is 14.8. The Bertz CT molecular complexity index is 804. The summed E-state index contributed by atoms with van der Waals surface area (Å²) in [6.07, 6.45) is 4.30. The normalized spacial score (nSPS) is 20.8. The number of aromatic nitrogens is 3. The van der Waals surface area contributed by atoms with Crippen LogP contribution in [0, 0.1) is 12.8 Å². The molecule has 0 bridgehead atoms. The zero-order valence-corrected chi connectivity index (χ0v) is 14.8. The number of carboxylic acids is 1. The van der Waals surface area contributed by atoms with Crippen LogP contribution in [0.25, 0.3) is 11.0 Å². The number of nitrogens with zero attached hydrogens (tertiary/aromatic N) is 3. The second-order valence-corrected chi connectivity index (χ2v) is 7.09. The quantitative estimate of drug-likeness (QED) is 0.889. The van der Waals surface area contributed by atoms with Gasteiger partial charge in [-0.25, -0.2) is 9.67 Å². The molecule has 2 N–H and O–H groups in total. The van der Waals surface area contributed by atoms with Gasteiger partial charge in [-0.05, 0) is 52.5 Å². The van der Waals surface area contributed by atoms with Crippen LogP contribution in [0.15, 0.2) is 12.3 Å². The maximum absolute atomic E-state index is 12.8. The fourth-order valence-electron chi connectivity index (χ4n) is 3.46. The molecule has 1 saturated carbocycles. The fourth-order valence-corrected chi connectivity index (χ4v) is 3.46. The summed E-state index contributed by atoms with van der Waals surface area (Å²) in [5.74, 6) is -1.16. The van der Waals surface area contributed by atoms with Gasteiger partial charge in [0.15, 0.2) is 5.65 Å².